The van der Waals surface area contributed by atoms with Crippen LogP contribution in [-0.2, 0) is 16.1 Å². The molecule has 0 atom stereocenters. The molecule has 138 valence electrons. The van der Waals surface area contributed by atoms with Gasteiger partial charge in [0.15, 0.2) is 5.69 Å². The van der Waals surface area contributed by atoms with E-state index in [1.807, 2.05) is 0 Å². The van der Waals surface area contributed by atoms with Gasteiger partial charge in [0, 0.05) is 16.1 Å². The average Bonchev–Trinajstić information content (AvgIpc) is 2.91. The van der Waals surface area contributed by atoms with Gasteiger partial charge in [0.2, 0.25) is 5.88 Å². The van der Waals surface area contributed by atoms with Gasteiger partial charge in [-0.25, -0.2) is 0 Å². The molecule has 0 saturated heterocycles. The van der Waals surface area contributed by atoms with Crippen LogP contribution in [0.3, 0.4) is 0 Å². The van der Waals surface area contributed by atoms with Crippen molar-refractivity contribution in [1.82, 2.24) is 9.55 Å². The highest BCUT2D eigenvalue weighted by atomic mass is 79.9. The van der Waals surface area contributed by atoms with E-state index in [4.69, 9.17) is 4.74 Å². The molecule has 0 radical (unpaired) electrons. The number of carbonyl (C=O) groups excluding carboxylic acids is 2. The zero-order valence-corrected chi connectivity index (χ0v) is 15.9. The quantitative estimate of drug-likeness (QED) is 0.486. The first-order valence-corrected chi connectivity index (χ1v) is 8.84. The second-order valence-electron chi connectivity index (χ2n) is 5.44. The van der Waals surface area contributed by atoms with Gasteiger partial charge in [-0.2, -0.15) is 0 Å². The summed E-state index contributed by atoms with van der Waals surface area (Å²) in [6, 6.07) is 10.1. The fourth-order valence-corrected chi connectivity index (χ4v) is 2.89. The first-order valence-electron chi connectivity index (χ1n) is 8.04. The van der Waals surface area contributed by atoms with Gasteiger partial charge >= 0.3 is 11.9 Å². The molecule has 27 heavy (non-hydrogen) atoms. The number of rotatable bonds is 5. The van der Waals surface area contributed by atoms with Crippen molar-refractivity contribution in [3.05, 3.63) is 52.8 Å². The molecule has 3 aromatic rings. The van der Waals surface area contributed by atoms with Crippen molar-refractivity contribution in [3.63, 3.8) is 0 Å². The van der Waals surface area contributed by atoms with E-state index in [1.54, 1.807) is 37.3 Å². The van der Waals surface area contributed by atoms with E-state index in [0.717, 1.165) is 4.47 Å². The van der Waals surface area contributed by atoms with Crippen LogP contribution in [0.4, 0.5) is 5.69 Å². The highest BCUT2D eigenvalue weighted by Gasteiger charge is 2.20. The average molecular weight is 431 g/mol. The van der Waals surface area contributed by atoms with Crippen molar-refractivity contribution in [2.24, 2.45) is 10.2 Å². The Hall–Kier alpha value is -3.07. The fraction of sp³-hybridized carbons (Fsp3) is 0.167. The third-order valence-electron chi connectivity index (χ3n) is 3.69. The molecule has 0 saturated carbocycles. The predicted molar refractivity (Wildman–Crippen MR) is 101 cm³/mol. The lowest BCUT2D eigenvalue weighted by Crippen LogP contribution is -2.12. The summed E-state index contributed by atoms with van der Waals surface area (Å²) in [6.45, 7) is 1.74. The standard InChI is InChI=1S/C18H15BrN4O4/c1-2-27-15(24)10-23-14-7-6-11(19)9-12(14)16(18(23)26)21-22-17(25)13-5-3-4-8-20-13/h3-9,26H,2,10H2,1H3. The van der Waals surface area contributed by atoms with Crippen LogP contribution in [0.25, 0.3) is 10.9 Å². The molecular weight excluding hydrogens is 416 g/mol. The number of benzene rings is 1. The SMILES string of the molecule is CCOC(=O)Cn1c(O)c(N=NC(=O)c2ccccn2)c2cc(Br)ccc21. The monoisotopic (exact) mass is 430 g/mol. The molecule has 0 unspecified atom stereocenters. The summed E-state index contributed by atoms with van der Waals surface area (Å²) >= 11 is 3.36. The Morgan fingerprint density at radius 3 is 2.81 bits per heavy atom. The maximum absolute atomic E-state index is 12.1. The second-order valence-corrected chi connectivity index (χ2v) is 6.36. The summed E-state index contributed by atoms with van der Waals surface area (Å²) in [6.07, 6.45) is 1.47. The number of carbonyl (C=O) groups is 2. The van der Waals surface area contributed by atoms with Crippen molar-refractivity contribution in [1.29, 1.82) is 0 Å². The molecule has 0 fully saturated rings. The zero-order chi connectivity index (χ0) is 19.4. The summed E-state index contributed by atoms with van der Waals surface area (Å²) in [7, 11) is 0. The van der Waals surface area contributed by atoms with E-state index in [0.29, 0.717) is 10.9 Å². The van der Waals surface area contributed by atoms with Gasteiger partial charge < -0.3 is 9.84 Å². The maximum Gasteiger partial charge on any atom is 0.326 e. The molecule has 1 N–H and O–H groups in total. The van der Waals surface area contributed by atoms with Crippen LogP contribution in [0.2, 0.25) is 0 Å². The number of esters is 1. The van der Waals surface area contributed by atoms with Crippen molar-refractivity contribution in [3.8, 4) is 5.88 Å². The summed E-state index contributed by atoms with van der Waals surface area (Å²) < 4.78 is 7.05. The van der Waals surface area contributed by atoms with E-state index in [-0.39, 0.29) is 30.4 Å². The van der Waals surface area contributed by atoms with E-state index in [9.17, 15) is 14.7 Å². The highest BCUT2D eigenvalue weighted by Crippen LogP contribution is 2.40. The first-order chi connectivity index (χ1) is 13.0. The van der Waals surface area contributed by atoms with Crippen molar-refractivity contribution >= 4 is 44.4 Å². The van der Waals surface area contributed by atoms with Crippen LogP contribution >= 0.6 is 15.9 Å². The molecule has 3 rings (SSSR count). The van der Waals surface area contributed by atoms with E-state index >= 15 is 0 Å². The van der Waals surface area contributed by atoms with E-state index in [2.05, 4.69) is 31.1 Å². The highest BCUT2D eigenvalue weighted by molar-refractivity contribution is 9.10. The van der Waals surface area contributed by atoms with Crippen LogP contribution in [0.5, 0.6) is 5.88 Å². The van der Waals surface area contributed by atoms with E-state index in [1.165, 1.54) is 16.8 Å². The van der Waals surface area contributed by atoms with Crippen LogP contribution in [0, 0.1) is 0 Å². The number of hydrogen-bond donors (Lipinski definition) is 1. The topological polar surface area (TPSA) is 106 Å². The van der Waals surface area contributed by atoms with Crippen molar-refractivity contribution < 1.29 is 19.4 Å². The number of hydrogen-bond acceptors (Lipinski definition) is 6. The summed E-state index contributed by atoms with van der Waals surface area (Å²) in [5.74, 6) is -1.43. The Morgan fingerprint density at radius 1 is 1.30 bits per heavy atom. The molecule has 9 heteroatoms. The lowest BCUT2D eigenvalue weighted by molar-refractivity contribution is -0.143. The number of amides is 1. The molecule has 0 bridgehead atoms. The summed E-state index contributed by atoms with van der Waals surface area (Å²) in [5.41, 5.74) is 0.778. The third-order valence-corrected chi connectivity index (χ3v) is 4.18. The van der Waals surface area contributed by atoms with Gasteiger partial charge in [-0.15, -0.1) is 10.2 Å². The van der Waals surface area contributed by atoms with Crippen molar-refractivity contribution in [2.45, 2.75) is 13.5 Å². The normalized spacial score (nSPS) is 11.2. The fourth-order valence-electron chi connectivity index (χ4n) is 2.53. The Balaban J connectivity index is 2.03. The number of ether oxygens (including phenoxy) is 1. The Kier molecular flexibility index (Phi) is 5.60. The summed E-state index contributed by atoms with van der Waals surface area (Å²) in [4.78, 5) is 27.9. The molecule has 2 heterocycles. The largest absolute Gasteiger partial charge is 0.493 e. The number of halogens is 1. The molecule has 0 aliphatic carbocycles. The molecule has 1 amide bonds. The van der Waals surface area contributed by atoms with Crippen LogP contribution in [0.15, 0.2) is 57.3 Å². The number of fused-ring (bicyclic) bond motifs is 1. The molecule has 8 nitrogen and oxygen atoms in total. The minimum absolute atomic E-state index is 0.0832. The Labute approximate surface area is 162 Å². The zero-order valence-electron chi connectivity index (χ0n) is 14.3. The Morgan fingerprint density at radius 2 is 2.11 bits per heavy atom. The van der Waals surface area contributed by atoms with Crippen LogP contribution in [-0.4, -0.2) is 33.1 Å². The number of aromatic nitrogens is 2. The van der Waals surface area contributed by atoms with Crippen LogP contribution in [0.1, 0.15) is 17.4 Å². The Bertz CT molecular complexity index is 1030. The second kappa shape index (κ2) is 8.09. The summed E-state index contributed by atoms with van der Waals surface area (Å²) in [5, 5.41) is 18.7. The molecule has 0 spiro atoms. The number of nitrogens with zero attached hydrogens (tertiary/aromatic N) is 4. The third kappa shape index (κ3) is 4.03. The van der Waals surface area contributed by atoms with Crippen molar-refractivity contribution in [2.75, 3.05) is 6.61 Å². The number of azo groups is 1. The lowest BCUT2D eigenvalue weighted by atomic mass is 10.2. The molecular formula is C18H15BrN4O4. The maximum atomic E-state index is 12.1. The lowest BCUT2D eigenvalue weighted by Gasteiger charge is -2.06. The van der Waals surface area contributed by atoms with Gasteiger partial charge in [0.05, 0.1) is 12.1 Å². The van der Waals surface area contributed by atoms with Gasteiger partial charge in [-0.1, -0.05) is 22.0 Å². The molecule has 2 aromatic heterocycles. The minimum Gasteiger partial charge on any atom is -0.493 e. The predicted octanol–water partition coefficient (Wildman–Crippen LogP) is 3.99. The number of pyridine rings is 1. The van der Waals surface area contributed by atoms with Gasteiger partial charge in [-0.05, 0) is 37.3 Å². The molecule has 1 aromatic carbocycles. The smallest absolute Gasteiger partial charge is 0.326 e. The van der Waals surface area contributed by atoms with Crippen LogP contribution < -0.4 is 0 Å². The van der Waals surface area contributed by atoms with Gasteiger partial charge in [0.1, 0.15) is 12.2 Å². The minimum atomic E-state index is -0.642. The molecule has 0 aliphatic heterocycles. The molecule has 0 aliphatic rings. The number of aromatic hydroxyl groups is 1. The van der Waals surface area contributed by atoms with Gasteiger partial charge in [0.25, 0.3) is 0 Å². The van der Waals surface area contributed by atoms with Gasteiger partial charge in [-0.3, -0.25) is 19.1 Å². The van der Waals surface area contributed by atoms with E-state index < -0.39 is 11.9 Å². The first kappa shape index (κ1) is 18.7.